The highest BCUT2D eigenvalue weighted by Crippen LogP contribution is 2.08. The Kier molecular flexibility index (Phi) is 7.30. The van der Waals surface area contributed by atoms with Crippen LogP contribution in [0, 0.1) is 0 Å². The first-order valence-corrected chi connectivity index (χ1v) is 7.85. The third kappa shape index (κ3) is 5.43. The maximum absolute atomic E-state index is 12.1. The average Bonchev–Trinajstić information content (AvgIpc) is 2.50. The van der Waals surface area contributed by atoms with Gasteiger partial charge in [0.1, 0.15) is 6.04 Å². The summed E-state index contributed by atoms with van der Waals surface area (Å²) in [7, 11) is 1.24. The molecule has 8 nitrogen and oxygen atoms in total. The van der Waals surface area contributed by atoms with Gasteiger partial charge in [0.15, 0.2) is 6.10 Å². The third-order valence-corrected chi connectivity index (χ3v) is 3.67. The Morgan fingerprint density at radius 1 is 1.52 bits per heavy atom. The van der Waals surface area contributed by atoms with Crippen molar-refractivity contribution in [3.05, 3.63) is 0 Å². The van der Waals surface area contributed by atoms with Crippen LogP contribution in [0.25, 0.3) is 0 Å². The van der Waals surface area contributed by atoms with Crippen LogP contribution in [-0.2, 0) is 19.1 Å². The van der Waals surface area contributed by atoms with Gasteiger partial charge in [-0.2, -0.15) is 11.8 Å². The first kappa shape index (κ1) is 17.6. The molecule has 1 unspecified atom stereocenters. The maximum atomic E-state index is 12.1. The molecule has 2 N–H and O–H groups in total. The molecule has 0 aromatic rings. The zero-order valence-electron chi connectivity index (χ0n) is 12.0. The van der Waals surface area contributed by atoms with E-state index in [-0.39, 0.29) is 13.2 Å². The number of carboxylic acids is 1. The number of aliphatic carboxylic acids is 1. The molecule has 1 aliphatic heterocycles. The van der Waals surface area contributed by atoms with Gasteiger partial charge in [-0.25, -0.2) is 14.4 Å². The van der Waals surface area contributed by atoms with Crippen LogP contribution in [0.5, 0.6) is 0 Å². The van der Waals surface area contributed by atoms with Crippen LogP contribution in [0.3, 0.4) is 0 Å². The van der Waals surface area contributed by atoms with Gasteiger partial charge in [-0.05, 0) is 18.4 Å². The minimum Gasteiger partial charge on any atom is -0.480 e. The molecule has 2 atom stereocenters. The summed E-state index contributed by atoms with van der Waals surface area (Å²) in [5.41, 5.74) is 0. The number of methoxy groups -OCH3 is 1. The number of carboxylic acid groups (broad SMARTS) is 1. The van der Waals surface area contributed by atoms with Crippen molar-refractivity contribution in [3.8, 4) is 0 Å². The van der Waals surface area contributed by atoms with E-state index in [9.17, 15) is 14.4 Å². The summed E-state index contributed by atoms with van der Waals surface area (Å²) in [6.45, 7) is 0.553. The molecule has 0 aromatic heterocycles. The van der Waals surface area contributed by atoms with Crippen LogP contribution in [0.2, 0.25) is 0 Å². The first-order chi connectivity index (χ1) is 9.99. The molecule has 1 aliphatic rings. The van der Waals surface area contributed by atoms with Gasteiger partial charge in [-0.3, -0.25) is 0 Å². The lowest BCUT2D eigenvalue weighted by Crippen LogP contribution is -2.54. The van der Waals surface area contributed by atoms with Crippen LogP contribution in [0.1, 0.15) is 6.42 Å². The first-order valence-electron chi connectivity index (χ1n) is 6.46. The van der Waals surface area contributed by atoms with Crippen LogP contribution >= 0.6 is 11.8 Å². The standard InChI is InChI=1S/C12H20N2O6S/c1-19-11(17)9-7-14(4-5-20-9)12(18)13-8(10(15)16)3-6-21-2/h8-9H,3-7H2,1-2H3,(H,13,18)(H,15,16)/t8-,9?/m1/s1. The van der Waals surface area contributed by atoms with Crippen LogP contribution in [-0.4, -0.2) is 78.9 Å². The summed E-state index contributed by atoms with van der Waals surface area (Å²) >= 11 is 1.51. The van der Waals surface area contributed by atoms with Crippen molar-refractivity contribution in [2.24, 2.45) is 0 Å². The lowest BCUT2D eigenvalue weighted by Gasteiger charge is -2.32. The zero-order valence-corrected chi connectivity index (χ0v) is 12.9. The van der Waals surface area contributed by atoms with E-state index in [1.165, 1.54) is 23.8 Å². The Labute approximate surface area is 127 Å². The second-order valence-electron chi connectivity index (χ2n) is 4.45. The van der Waals surface area contributed by atoms with Gasteiger partial charge in [0.05, 0.1) is 20.3 Å². The van der Waals surface area contributed by atoms with E-state index in [4.69, 9.17) is 9.84 Å². The Morgan fingerprint density at radius 2 is 2.24 bits per heavy atom. The Bertz CT molecular complexity index is 392. The van der Waals surface area contributed by atoms with E-state index in [2.05, 4.69) is 10.1 Å². The largest absolute Gasteiger partial charge is 0.480 e. The SMILES string of the molecule is COC(=O)C1CN(C(=O)N[C@H](CCSC)C(=O)O)CCO1. The summed E-state index contributed by atoms with van der Waals surface area (Å²) in [5.74, 6) is -0.995. The predicted molar refractivity (Wildman–Crippen MR) is 76.3 cm³/mol. The molecule has 0 aromatic carbocycles. The minimum absolute atomic E-state index is 0.0490. The van der Waals surface area contributed by atoms with E-state index in [1.807, 2.05) is 6.26 Å². The number of thioether (sulfide) groups is 1. The number of morpholine rings is 1. The van der Waals surface area contributed by atoms with E-state index >= 15 is 0 Å². The summed E-state index contributed by atoms with van der Waals surface area (Å²) in [6, 6.07) is -1.45. The normalized spacial score (nSPS) is 19.7. The molecule has 0 saturated carbocycles. The van der Waals surface area contributed by atoms with E-state index in [0.29, 0.717) is 18.7 Å². The third-order valence-electron chi connectivity index (χ3n) is 3.02. The van der Waals surface area contributed by atoms with Gasteiger partial charge in [0.2, 0.25) is 0 Å². The Balaban J connectivity index is 2.56. The number of urea groups is 1. The summed E-state index contributed by atoms with van der Waals surface area (Å²) in [4.78, 5) is 35.9. The van der Waals surface area contributed by atoms with Crippen molar-refractivity contribution in [2.75, 3.05) is 38.8 Å². The number of hydrogen-bond acceptors (Lipinski definition) is 6. The quantitative estimate of drug-likeness (QED) is 0.652. The Morgan fingerprint density at radius 3 is 2.81 bits per heavy atom. The van der Waals surface area contributed by atoms with Crippen molar-refractivity contribution in [1.82, 2.24) is 10.2 Å². The second-order valence-corrected chi connectivity index (χ2v) is 5.44. The molecule has 9 heteroatoms. The molecule has 1 fully saturated rings. The highest BCUT2D eigenvalue weighted by atomic mass is 32.2. The van der Waals surface area contributed by atoms with E-state index in [0.717, 1.165) is 0 Å². The van der Waals surface area contributed by atoms with Crippen molar-refractivity contribution >= 4 is 29.7 Å². The number of esters is 1. The van der Waals surface area contributed by atoms with Crippen molar-refractivity contribution in [2.45, 2.75) is 18.6 Å². The monoisotopic (exact) mass is 320 g/mol. The average molecular weight is 320 g/mol. The highest BCUT2D eigenvalue weighted by Gasteiger charge is 2.31. The molecular weight excluding hydrogens is 300 g/mol. The summed E-state index contributed by atoms with van der Waals surface area (Å²) in [5, 5.41) is 11.5. The number of ether oxygens (including phenoxy) is 2. The van der Waals surface area contributed by atoms with Crippen LogP contribution < -0.4 is 5.32 Å². The molecule has 0 spiro atoms. The zero-order chi connectivity index (χ0) is 15.8. The number of rotatable bonds is 6. The number of amides is 2. The molecule has 2 amide bonds. The number of hydrogen-bond donors (Lipinski definition) is 2. The predicted octanol–water partition coefficient (Wildman–Crippen LogP) is -0.224. The Hall–Kier alpha value is -1.48. The van der Waals surface area contributed by atoms with Crippen LogP contribution in [0.4, 0.5) is 4.79 Å². The van der Waals surface area contributed by atoms with Crippen molar-refractivity contribution < 1.29 is 29.0 Å². The van der Waals surface area contributed by atoms with Crippen molar-refractivity contribution in [3.63, 3.8) is 0 Å². The van der Waals surface area contributed by atoms with E-state index in [1.54, 1.807) is 0 Å². The smallest absolute Gasteiger partial charge is 0.336 e. The topological polar surface area (TPSA) is 105 Å². The molecule has 0 radical (unpaired) electrons. The molecule has 0 bridgehead atoms. The lowest BCUT2D eigenvalue weighted by atomic mass is 10.2. The molecule has 1 saturated heterocycles. The summed E-state index contributed by atoms with van der Waals surface area (Å²) < 4.78 is 9.78. The number of carbonyl (C=O) groups excluding carboxylic acids is 2. The van der Waals surface area contributed by atoms with Gasteiger partial charge in [0, 0.05) is 6.54 Å². The fourth-order valence-corrected chi connectivity index (χ4v) is 2.31. The number of nitrogens with zero attached hydrogens (tertiary/aromatic N) is 1. The molecule has 120 valence electrons. The number of nitrogens with one attached hydrogen (secondary N) is 1. The van der Waals surface area contributed by atoms with Gasteiger partial charge in [-0.1, -0.05) is 0 Å². The molecule has 1 heterocycles. The van der Waals surface area contributed by atoms with Gasteiger partial charge in [-0.15, -0.1) is 0 Å². The summed E-state index contributed by atoms with van der Waals surface area (Å²) in [6.07, 6.45) is 1.38. The van der Waals surface area contributed by atoms with Crippen molar-refractivity contribution in [1.29, 1.82) is 0 Å². The fraction of sp³-hybridized carbons (Fsp3) is 0.750. The minimum atomic E-state index is -1.07. The van der Waals surface area contributed by atoms with E-state index < -0.39 is 30.1 Å². The molecule has 21 heavy (non-hydrogen) atoms. The molecular formula is C12H20N2O6S. The molecule has 1 rings (SSSR count). The lowest BCUT2D eigenvalue weighted by molar-refractivity contribution is -0.158. The molecule has 0 aliphatic carbocycles. The van der Waals surface area contributed by atoms with Gasteiger partial charge in [0.25, 0.3) is 0 Å². The fourth-order valence-electron chi connectivity index (χ4n) is 1.84. The second kappa shape index (κ2) is 8.73. The maximum Gasteiger partial charge on any atom is 0.336 e. The highest BCUT2D eigenvalue weighted by molar-refractivity contribution is 7.98. The van der Waals surface area contributed by atoms with Crippen LogP contribution in [0.15, 0.2) is 0 Å². The number of carbonyl (C=O) groups is 3. The van der Waals surface area contributed by atoms with Gasteiger partial charge < -0.3 is 24.8 Å². The van der Waals surface area contributed by atoms with Gasteiger partial charge >= 0.3 is 18.0 Å².